The second-order valence-corrected chi connectivity index (χ2v) is 11.4. The summed E-state index contributed by atoms with van der Waals surface area (Å²) in [6, 6.07) is 23.8. The molecule has 4 aromatic rings. The number of anilines is 1. The second kappa shape index (κ2) is 11.4. The number of ether oxygens (including phenoxy) is 1. The molecule has 39 heavy (non-hydrogen) atoms. The molecule has 0 radical (unpaired) electrons. The quantitative estimate of drug-likeness (QED) is 0.349. The lowest BCUT2D eigenvalue weighted by atomic mass is 10.0. The monoisotopic (exact) mass is 544 g/mol. The van der Waals surface area contributed by atoms with E-state index in [1.807, 2.05) is 23.1 Å². The van der Waals surface area contributed by atoms with Crippen LogP contribution >= 0.6 is 0 Å². The molecule has 3 aromatic carbocycles. The Morgan fingerprint density at radius 1 is 0.974 bits per heavy atom. The Morgan fingerprint density at radius 3 is 2.46 bits per heavy atom. The third kappa shape index (κ3) is 5.89. The number of methoxy groups -OCH3 is 1. The summed E-state index contributed by atoms with van der Waals surface area (Å²) in [7, 11) is -2.50. The topological polar surface area (TPSA) is 91.8 Å². The number of aromatic nitrogens is 1. The van der Waals surface area contributed by atoms with Gasteiger partial charge in [-0.1, -0.05) is 55.5 Å². The SMILES string of the molecule is COc1cc(C(=O)N2CCN(CC(C)c3ccccc3)CC2)ccc1NS(=O)(=O)c1cccc2cccnc12. The maximum Gasteiger partial charge on any atom is 0.264 e. The maximum absolute atomic E-state index is 13.3. The van der Waals surface area contributed by atoms with Crippen LogP contribution in [0.1, 0.15) is 28.8 Å². The van der Waals surface area contributed by atoms with Gasteiger partial charge < -0.3 is 9.64 Å². The Labute approximate surface area is 229 Å². The second-order valence-electron chi connectivity index (χ2n) is 9.76. The van der Waals surface area contributed by atoms with Gasteiger partial charge in [0, 0.05) is 49.9 Å². The molecular formula is C30H32N4O4S. The number of benzene rings is 3. The zero-order chi connectivity index (χ0) is 27.4. The van der Waals surface area contributed by atoms with Crippen LogP contribution in [0.5, 0.6) is 5.75 Å². The molecule has 0 bridgehead atoms. The van der Waals surface area contributed by atoms with Crippen molar-refractivity contribution in [2.45, 2.75) is 17.7 Å². The van der Waals surface area contributed by atoms with Crippen LogP contribution < -0.4 is 9.46 Å². The fourth-order valence-electron chi connectivity index (χ4n) is 4.99. The summed E-state index contributed by atoms with van der Waals surface area (Å²) >= 11 is 0. The van der Waals surface area contributed by atoms with Crippen LogP contribution in [-0.2, 0) is 10.0 Å². The maximum atomic E-state index is 13.3. The number of pyridine rings is 1. The van der Waals surface area contributed by atoms with Crippen molar-refractivity contribution in [2.75, 3.05) is 44.6 Å². The van der Waals surface area contributed by atoms with Crippen LogP contribution in [0.15, 0.2) is 90.0 Å². The summed E-state index contributed by atoms with van der Waals surface area (Å²) in [6.45, 7) is 6.04. The van der Waals surface area contributed by atoms with E-state index in [9.17, 15) is 13.2 Å². The lowest BCUT2D eigenvalue weighted by Crippen LogP contribution is -2.49. The molecule has 1 unspecified atom stereocenters. The van der Waals surface area contributed by atoms with E-state index in [2.05, 4.69) is 45.8 Å². The molecule has 8 nitrogen and oxygen atoms in total. The van der Waals surface area contributed by atoms with E-state index in [0.717, 1.165) is 25.0 Å². The molecule has 1 aliphatic rings. The van der Waals surface area contributed by atoms with Gasteiger partial charge in [-0.2, -0.15) is 0 Å². The molecule has 0 aliphatic carbocycles. The molecule has 202 valence electrons. The highest BCUT2D eigenvalue weighted by Crippen LogP contribution is 2.30. The van der Waals surface area contributed by atoms with E-state index in [1.165, 1.54) is 18.7 Å². The van der Waals surface area contributed by atoms with Crippen molar-refractivity contribution in [3.63, 3.8) is 0 Å². The van der Waals surface area contributed by atoms with Crippen molar-refractivity contribution in [3.05, 3.63) is 96.2 Å². The first-order chi connectivity index (χ1) is 18.9. The predicted octanol–water partition coefficient (Wildman–Crippen LogP) is 4.61. The minimum Gasteiger partial charge on any atom is -0.495 e. The highest BCUT2D eigenvalue weighted by atomic mass is 32.2. The van der Waals surface area contributed by atoms with Gasteiger partial charge in [0.2, 0.25) is 0 Å². The lowest BCUT2D eigenvalue weighted by molar-refractivity contribution is 0.0631. The van der Waals surface area contributed by atoms with Gasteiger partial charge in [-0.15, -0.1) is 0 Å². The number of hydrogen-bond acceptors (Lipinski definition) is 6. The fraction of sp³-hybridized carbons (Fsp3) is 0.267. The predicted molar refractivity (Wildman–Crippen MR) is 153 cm³/mol. The molecule has 2 heterocycles. The van der Waals surface area contributed by atoms with Gasteiger partial charge in [0.1, 0.15) is 10.6 Å². The molecule has 0 saturated carbocycles. The van der Waals surface area contributed by atoms with Gasteiger partial charge in [0.05, 0.1) is 18.3 Å². The van der Waals surface area contributed by atoms with Crippen LogP contribution in [0.3, 0.4) is 0 Å². The zero-order valence-electron chi connectivity index (χ0n) is 22.1. The standard InChI is InChI=1S/C30H32N4O4S/c1-22(23-8-4-3-5-9-23)21-33-16-18-34(19-17-33)30(35)25-13-14-26(27(20-25)38-2)32-39(36,37)28-12-6-10-24-11-7-15-31-29(24)28/h3-15,20,22,32H,16-19,21H2,1-2H3. The molecule has 1 amide bonds. The van der Waals surface area contributed by atoms with Gasteiger partial charge >= 0.3 is 0 Å². The molecule has 1 fully saturated rings. The zero-order valence-corrected chi connectivity index (χ0v) is 22.9. The largest absolute Gasteiger partial charge is 0.495 e. The Kier molecular flexibility index (Phi) is 7.81. The number of carbonyl (C=O) groups is 1. The Hall–Kier alpha value is -3.95. The van der Waals surface area contributed by atoms with E-state index in [4.69, 9.17) is 4.74 Å². The van der Waals surface area contributed by atoms with Crippen molar-refractivity contribution in [1.82, 2.24) is 14.8 Å². The normalized spacial score (nSPS) is 15.2. The summed E-state index contributed by atoms with van der Waals surface area (Å²) in [6.07, 6.45) is 1.56. The minimum absolute atomic E-state index is 0.0715. The van der Waals surface area contributed by atoms with Gasteiger partial charge in [0.25, 0.3) is 15.9 Å². The number of carbonyl (C=O) groups excluding carboxylic acids is 1. The van der Waals surface area contributed by atoms with Crippen molar-refractivity contribution in [3.8, 4) is 5.75 Å². The number of piperazine rings is 1. The first kappa shape index (κ1) is 26.6. The lowest BCUT2D eigenvalue weighted by Gasteiger charge is -2.36. The number of amides is 1. The van der Waals surface area contributed by atoms with Crippen LogP contribution in [-0.4, -0.2) is 68.9 Å². The van der Waals surface area contributed by atoms with Crippen molar-refractivity contribution >= 4 is 32.5 Å². The van der Waals surface area contributed by atoms with E-state index in [-0.39, 0.29) is 22.2 Å². The molecule has 1 atom stereocenters. The first-order valence-electron chi connectivity index (χ1n) is 13.0. The molecule has 1 N–H and O–H groups in total. The van der Waals surface area contributed by atoms with Gasteiger partial charge in [-0.3, -0.25) is 19.4 Å². The number of nitrogens with zero attached hydrogens (tertiary/aromatic N) is 3. The average Bonchev–Trinajstić information content (AvgIpc) is 2.97. The van der Waals surface area contributed by atoms with E-state index < -0.39 is 10.0 Å². The van der Waals surface area contributed by atoms with Crippen LogP contribution in [0.25, 0.3) is 10.9 Å². The van der Waals surface area contributed by atoms with Crippen LogP contribution in [0.2, 0.25) is 0 Å². The Morgan fingerprint density at radius 2 is 1.72 bits per heavy atom. The van der Waals surface area contributed by atoms with Gasteiger partial charge in [-0.25, -0.2) is 8.42 Å². The highest BCUT2D eigenvalue weighted by Gasteiger charge is 2.25. The molecule has 9 heteroatoms. The van der Waals surface area contributed by atoms with Gasteiger partial charge in [0.15, 0.2) is 0 Å². The summed E-state index contributed by atoms with van der Waals surface area (Å²) in [5.41, 5.74) is 2.40. The van der Waals surface area contributed by atoms with Gasteiger partial charge in [-0.05, 0) is 41.8 Å². The molecule has 1 saturated heterocycles. The number of nitrogens with one attached hydrogen (secondary N) is 1. The smallest absolute Gasteiger partial charge is 0.264 e. The molecule has 5 rings (SSSR count). The van der Waals surface area contributed by atoms with E-state index >= 15 is 0 Å². The number of sulfonamides is 1. The molecule has 1 aliphatic heterocycles. The van der Waals surface area contributed by atoms with Crippen LogP contribution in [0.4, 0.5) is 5.69 Å². The summed E-state index contributed by atoms with van der Waals surface area (Å²) < 4.78 is 34.6. The average molecular weight is 545 g/mol. The number of fused-ring (bicyclic) bond motifs is 1. The fourth-order valence-corrected chi connectivity index (χ4v) is 6.24. The molecular weight excluding hydrogens is 512 g/mol. The van der Waals surface area contributed by atoms with Crippen molar-refractivity contribution in [1.29, 1.82) is 0 Å². The molecule has 0 spiro atoms. The van der Waals surface area contributed by atoms with E-state index in [1.54, 1.807) is 36.5 Å². The first-order valence-corrected chi connectivity index (χ1v) is 14.5. The van der Waals surface area contributed by atoms with E-state index in [0.29, 0.717) is 30.1 Å². The third-order valence-electron chi connectivity index (χ3n) is 7.14. The Bertz CT molecular complexity index is 1560. The third-order valence-corrected chi connectivity index (χ3v) is 8.54. The Balaban J connectivity index is 1.26. The number of hydrogen-bond donors (Lipinski definition) is 1. The summed E-state index contributed by atoms with van der Waals surface area (Å²) in [4.78, 5) is 21.8. The molecule has 1 aromatic heterocycles. The van der Waals surface area contributed by atoms with Crippen LogP contribution in [0, 0.1) is 0 Å². The minimum atomic E-state index is -3.96. The van der Waals surface area contributed by atoms with Crippen molar-refractivity contribution in [2.24, 2.45) is 0 Å². The van der Waals surface area contributed by atoms with Crippen molar-refractivity contribution < 1.29 is 17.9 Å². The number of para-hydroxylation sites is 1. The summed E-state index contributed by atoms with van der Waals surface area (Å²) in [5.74, 6) is 0.586. The summed E-state index contributed by atoms with van der Waals surface area (Å²) in [5, 5.41) is 0.725. The number of rotatable bonds is 8. The highest BCUT2D eigenvalue weighted by molar-refractivity contribution is 7.93.